The number of β-amino-alcohol motifs (C(OH)–C–C–N with tert-alkyl or cyclic N) is 1. The van der Waals surface area contributed by atoms with E-state index in [2.05, 4.69) is 5.32 Å². The van der Waals surface area contributed by atoms with Crippen molar-refractivity contribution in [3.05, 3.63) is 70.8 Å². The molecule has 5 nitrogen and oxygen atoms in total. The summed E-state index contributed by atoms with van der Waals surface area (Å²) in [5, 5.41) is 12.9. The standard InChI is InChI=1S/C20H19F3N2O3/c1-12-6-8-14(9-7-12)19(2)17(27)25(18(28)24-19)11-16(26)13-4-3-5-15(10-13)20(21,22)23/h3-10,16,26H,11H2,1-2H3,(H,24,28). The Morgan fingerprint density at radius 3 is 2.39 bits per heavy atom. The number of aliphatic hydroxyl groups is 1. The number of carbonyl (C=O) groups excluding carboxylic acids is 2. The van der Waals surface area contributed by atoms with Crippen molar-refractivity contribution in [1.29, 1.82) is 0 Å². The number of hydrogen-bond acceptors (Lipinski definition) is 3. The third-order valence-electron chi connectivity index (χ3n) is 4.86. The van der Waals surface area contributed by atoms with Crippen LogP contribution in [-0.4, -0.2) is 28.5 Å². The molecule has 3 amide bonds. The third-order valence-corrected chi connectivity index (χ3v) is 4.86. The summed E-state index contributed by atoms with van der Waals surface area (Å²) in [6, 6.07) is 10.5. The van der Waals surface area contributed by atoms with Crippen LogP contribution in [0.2, 0.25) is 0 Å². The Morgan fingerprint density at radius 2 is 1.79 bits per heavy atom. The topological polar surface area (TPSA) is 69.6 Å². The van der Waals surface area contributed by atoms with Crippen molar-refractivity contribution in [3.63, 3.8) is 0 Å². The third kappa shape index (κ3) is 3.60. The van der Waals surface area contributed by atoms with Gasteiger partial charge >= 0.3 is 12.2 Å². The maximum absolute atomic E-state index is 12.9. The number of halogens is 3. The lowest BCUT2D eigenvalue weighted by molar-refractivity contribution is -0.138. The lowest BCUT2D eigenvalue weighted by Crippen LogP contribution is -2.41. The van der Waals surface area contributed by atoms with E-state index in [-0.39, 0.29) is 5.56 Å². The molecular weight excluding hydrogens is 373 g/mol. The van der Waals surface area contributed by atoms with E-state index in [1.54, 1.807) is 31.2 Å². The van der Waals surface area contributed by atoms with Crippen LogP contribution in [0.15, 0.2) is 48.5 Å². The number of imide groups is 1. The predicted octanol–water partition coefficient (Wildman–Crippen LogP) is 3.51. The molecule has 148 valence electrons. The molecule has 2 atom stereocenters. The van der Waals surface area contributed by atoms with Gasteiger partial charge in [-0.05, 0) is 37.1 Å². The lowest BCUT2D eigenvalue weighted by atomic mass is 9.91. The van der Waals surface area contributed by atoms with Crippen molar-refractivity contribution >= 4 is 11.9 Å². The quantitative estimate of drug-likeness (QED) is 0.783. The van der Waals surface area contributed by atoms with E-state index in [0.29, 0.717) is 5.56 Å². The van der Waals surface area contributed by atoms with Crippen molar-refractivity contribution in [3.8, 4) is 0 Å². The SMILES string of the molecule is Cc1ccc(C2(C)NC(=O)N(CC(O)c3cccc(C(F)(F)F)c3)C2=O)cc1. The van der Waals surface area contributed by atoms with Crippen molar-refractivity contribution in [1.82, 2.24) is 10.2 Å². The van der Waals surface area contributed by atoms with E-state index in [1.807, 2.05) is 6.92 Å². The molecule has 1 heterocycles. The van der Waals surface area contributed by atoms with E-state index in [4.69, 9.17) is 0 Å². The van der Waals surface area contributed by atoms with Crippen LogP contribution in [0.25, 0.3) is 0 Å². The molecule has 8 heteroatoms. The minimum atomic E-state index is -4.55. The molecule has 2 aromatic rings. The molecule has 0 aromatic heterocycles. The number of alkyl halides is 3. The normalized spacial score (nSPS) is 21.0. The predicted molar refractivity (Wildman–Crippen MR) is 95.2 cm³/mol. The zero-order chi connectivity index (χ0) is 20.7. The summed E-state index contributed by atoms with van der Waals surface area (Å²) >= 11 is 0. The van der Waals surface area contributed by atoms with Crippen molar-refractivity contribution < 1.29 is 27.9 Å². The largest absolute Gasteiger partial charge is 0.416 e. The number of urea groups is 1. The maximum Gasteiger partial charge on any atom is 0.416 e. The Hall–Kier alpha value is -2.87. The van der Waals surface area contributed by atoms with Crippen LogP contribution in [0.1, 0.15) is 35.3 Å². The highest BCUT2D eigenvalue weighted by molar-refractivity contribution is 6.07. The summed E-state index contributed by atoms with van der Waals surface area (Å²) in [6.07, 6.45) is -6.00. The Balaban J connectivity index is 1.82. The Morgan fingerprint density at radius 1 is 1.14 bits per heavy atom. The second-order valence-electron chi connectivity index (χ2n) is 6.98. The number of nitrogens with zero attached hydrogens (tertiary/aromatic N) is 1. The number of benzene rings is 2. The molecule has 0 radical (unpaired) electrons. The number of hydrogen-bond donors (Lipinski definition) is 2. The summed E-state index contributed by atoms with van der Waals surface area (Å²) in [5.74, 6) is -0.577. The fraction of sp³-hybridized carbons (Fsp3) is 0.300. The van der Waals surface area contributed by atoms with Crippen LogP contribution in [0.4, 0.5) is 18.0 Å². The van der Waals surface area contributed by atoms with Gasteiger partial charge in [0.25, 0.3) is 5.91 Å². The van der Waals surface area contributed by atoms with Crippen LogP contribution in [0.3, 0.4) is 0 Å². The molecule has 1 fully saturated rings. The average molecular weight is 392 g/mol. The minimum absolute atomic E-state index is 0.0284. The van der Waals surface area contributed by atoms with Gasteiger partial charge in [0.15, 0.2) is 0 Å². The highest BCUT2D eigenvalue weighted by atomic mass is 19.4. The van der Waals surface area contributed by atoms with Gasteiger partial charge in [0.05, 0.1) is 18.2 Å². The van der Waals surface area contributed by atoms with Gasteiger partial charge in [0.2, 0.25) is 0 Å². The number of aryl methyl sites for hydroxylation is 1. The van der Waals surface area contributed by atoms with E-state index >= 15 is 0 Å². The highest BCUT2D eigenvalue weighted by Gasteiger charge is 2.49. The fourth-order valence-electron chi connectivity index (χ4n) is 3.15. The first kappa shape index (κ1) is 19.9. The molecule has 2 N–H and O–H groups in total. The average Bonchev–Trinajstić information content (AvgIpc) is 2.85. The van der Waals surface area contributed by atoms with Gasteiger partial charge in [0.1, 0.15) is 5.54 Å². The van der Waals surface area contributed by atoms with Crippen LogP contribution in [0.5, 0.6) is 0 Å². The molecule has 0 spiro atoms. The van der Waals surface area contributed by atoms with E-state index < -0.39 is 41.9 Å². The van der Waals surface area contributed by atoms with Crippen LogP contribution >= 0.6 is 0 Å². The van der Waals surface area contributed by atoms with Gasteiger partial charge in [-0.25, -0.2) is 4.79 Å². The van der Waals surface area contributed by atoms with Crippen molar-refractivity contribution in [2.45, 2.75) is 31.7 Å². The molecule has 1 aliphatic rings. The molecule has 28 heavy (non-hydrogen) atoms. The molecule has 2 aromatic carbocycles. The fourth-order valence-corrected chi connectivity index (χ4v) is 3.15. The Kier molecular flexibility index (Phi) is 4.93. The Bertz CT molecular complexity index is 912. The molecule has 0 aliphatic carbocycles. The molecule has 3 rings (SSSR count). The first-order chi connectivity index (χ1) is 13.0. The molecule has 0 saturated carbocycles. The van der Waals surface area contributed by atoms with Gasteiger partial charge < -0.3 is 10.4 Å². The number of rotatable bonds is 4. The molecule has 2 unspecified atom stereocenters. The second-order valence-corrected chi connectivity index (χ2v) is 6.98. The lowest BCUT2D eigenvalue weighted by Gasteiger charge is -2.23. The van der Waals surface area contributed by atoms with Crippen LogP contribution in [-0.2, 0) is 16.5 Å². The molecule has 1 aliphatic heterocycles. The number of nitrogens with one attached hydrogen (secondary N) is 1. The zero-order valence-corrected chi connectivity index (χ0v) is 15.2. The first-order valence-corrected chi connectivity index (χ1v) is 8.59. The van der Waals surface area contributed by atoms with Gasteiger partial charge in [-0.2, -0.15) is 13.2 Å². The number of amides is 3. The summed E-state index contributed by atoms with van der Waals surface area (Å²) in [5.41, 5.74) is -0.684. The summed E-state index contributed by atoms with van der Waals surface area (Å²) in [4.78, 5) is 26.0. The van der Waals surface area contributed by atoms with Gasteiger partial charge in [-0.1, -0.05) is 42.0 Å². The van der Waals surface area contributed by atoms with E-state index in [1.165, 1.54) is 12.1 Å². The Labute approximate surface area is 159 Å². The molecule has 1 saturated heterocycles. The van der Waals surface area contributed by atoms with Crippen molar-refractivity contribution in [2.24, 2.45) is 0 Å². The van der Waals surface area contributed by atoms with Crippen LogP contribution < -0.4 is 5.32 Å². The van der Waals surface area contributed by atoms with E-state index in [9.17, 15) is 27.9 Å². The van der Waals surface area contributed by atoms with E-state index in [0.717, 1.165) is 22.6 Å². The van der Waals surface area contributed by atoms with Gasteiger partial charge in [0, 0.05) is 0 Å². The molecular formula is C20H19F3N2O3. The second kappa shape index (κ2) is 6.94. The van der Waals surface area contributed by atoms with Crippen molar-refractivity contribution in [2.75, 3.05) is 6.54 Å². The number of aliphatic hydroxyl groups excluding tert-OH is 1. The molecule has 0 bridgehead atoms. The first-order valence-electron chi connectivity index (χ1n) is 8.59. The van der Waals surface area contributed by atoms with Gasteiger partial charge in [-0.15, -0.1) is 0 Å². The minimum Gasteiger partial charge on any atom is -0.387 e. The smallest absolute Gasteiger partial charge is 0.387 e. The van der Waals surface area contributed by atoms with Gasteiger partial charge in [-0.3, -0.25) is 9.69 Å². The summed E-state index contributed by atoms with van der Waals surface area (Å²) in [6.45, 7) is 2.99. The summed E-state index contributed by atoms with van der Waals surface area (Å²) < 4.78 is 38.6. The number of carbonyl (C=O) groups is 2. The monoisotopic (exact) mass is 392 g/mol. The maximum atomic E-state index is 12.9. The zero-order valence-electron chi connectivity index (χ0n) is 15.2. The summed E-state index contributed by atoms with van der Waals surface area (Å²) in [7, 11) is 0. The highest BCUT2D eigenvalue weighted by Crippen LogP contribution is 2.33. The van der Waals surface area contributed by atoms with Crippen LogP contribution in [0, 0.1) is 6.92 Å².